The molecular weight excluding hydrogens is 112 g/mol. The van der Waals surface area contributed by atoms with Gasteiger partial charge in [0, 0.05) is 6.61 Å². The highest BCUT2D eigenvalue weighted by Gasteiger charge is 2.39. The smallest absolute Gasteiger partial charge is 0.0714 e. The predicted octanol–water partition coefficient (Wildman–Crippen LogP) is 1.92. The van der Waals surface area contributed by atoms with Crippen molar-refractivity contribution in [3.05, 3.63) is 6.42 Å². The van der Waals surface area contributed by atoms with Gasteiger partial charge in [0.25, 0.3) is 0 Å². The van der Waals surface area contributed by atoms with Crippen molar-refractivity contribution in [2.24, 2.45) is 0 Å². The molecule has 0 aromatic carbocycles. The molecule has 51 valence electrons. The van der Waals surface area contributed by atoms with Crippen LogP contribution in [-0.4, -0.2) is 12.2 Å². The van der Waals surface area contributed by atoms with Gasteiger partial charge in [-0.15, -0.1) is 0 Å². The quantitative estimate of drug-likeness (QED) is 0.480. The summed E-state index contributed by atoms with van der Waals surface area (Å²) in [7, 11) is 0. The van der Waals surface area contributed by atoms with E-state index in [2.05, 4.69) is 6.42 Å². The van der Waals surface area contributed by atoms with Crippen molar-refractivity contribution in [3.8, 4) is 0 Å². The standard InChI is InChI=1S/C8H13O/c1-2-7-9-8(4-1)5-3-6-8/h5H,1-4,6-7H2. The number of hydrogen-bond acceptors (Lipinski definition) is 1. The van der Waals surface area contributed by atoms with Gasteiger partial charge in [0.05, 0.1) is 5.60 Å². The molecule has 1 nitrogen and oxygen atoms in total. The van der Waals surface area contributed by atoms with Crippen molar-refractivity contribution >= 4 is 0 Å². The maximum atomic E-state index is 5.65. The lowest BCUT2D eigenvalue weighted by molar-refractivity contribution is -0.0888. The minimum absolute atomic E-state index is 0.276. The Morgan fingerprint density at radius 2 is 2.11 bits per heavy atom. The van der Waals surface area contributed by atoms with E-state index in [1.54, 1.807) is 0 Å². The summed E-state index contributed by atoms with van der Waals surface area (Å²) in [6.45, 7) is 0.997. The van der Waals surface area contributed by atoms with Gasteiger partial charge in [-0.2, -0.15) is 0 Å². The Morgan fingerprint density at radius 1 is 1.22 bits per heavy atom. The van der Waals surface area contributed by atoms with Gasteiger partial charge in [0.2, 0.25) is 0 Å². The Kier molecular flexibility index (Phi) is 1.26. The molecule has 0 amide bonds. The summed E-state index contributed by atoms with van der Waals surface area (Å²) in [6.07, 6.45) is 8.83. The van der Waals surface area contributed by atoms with Gasteiger partial charge in [-0.25, -0.2) is 0 Å². The second-order valence-electron chi connectivity index (χ2n) is 3.11. The highest BCUT2D eigenvalue weighted by molar-refractivity contribution is 5.05. The van der Waals surface area contributed by atoms with Crippen LogP contribution in [0.5, 0.6) is 0 Å². The normalized spacial score (nSPS) is 32.0. The lowest BCUT2D eigenvalue weighted by atomic mass is 9.75. The molecule has 2 aliphatic rings. The first-order valence-corrected chi connectivity index (χ1v) is 3.90. The van der Waals surface area contributed by atoms with E-state index in [0.29, 0.717) is 0 Å². The molecule has 0 aromatic heterocycles. The van der Waals surface area contributed by atoms with Crippen LogP contribution in [0.15, 0.2) is 0 Å². The fraction of sp³-hybridized carbons (Fsp3) is 0.875. The van der Waals surface area contributed by atoms with Crippen molar-refractivity contribution in [1.82, 2.24) is 0 Å². The molecule has 1 atom stereocenters. The van der Waals surface area contributed by atoms with Crippen LogP contribution in [0, 0.1) is 6.42 Å². The van der Waals surface area contributed by atoms with E-state index in [1.165, 1.54) is 32.1 Å². The molecule has 1 aliphatic carbocycles. The molecule has 2 rings (SSSR count). The molecule has 0 N–H and O–H groups in total. The van der Waals surface area contributed by atoms with E-state index in [0.717, 1.165) is 6.61 Å². The summed E-state index contributed by atoms with van der Waals surface area (Å²) in [5.41, 5.74) is 0.276. The monoisotopic (exact) mass is 125 g/mol. The fourth-order valence-corrected chi connectivity index (χ4v) is 1.70. The van der Waals surface area contributed by atoms with E-state index in [4.69, 9.17) is 4.74 Å². The minimum Gasteiger partial charge on any atom is -0.375 e. The van der Waals surface area contributed by atoms with Crippen LogP contribution in [0.3, 0.4) is 0 Å². The Morgan fingerprint density at radius 3 is 2.44 bits per heavy atom. The van der Waals surface area contributed by atoms with E-state index >= 15 is 0 Å². The third-order valence-corrected chi connectivity index (χ3v) is 2.47. The first-order valence-electron chi connectivity index (χ1n) is 3.90. The molecular formula is C8H13O. The van der Waals surface area contributed by atoms with E-state index in [9.17, 15) is 0 Å². The van der Waals surface area contributed by atoms with Crippen molar-refractivity contribution < 1.29 is 4.74 Å². The van der Waals surface area contributed by atoms with E-state index in [1.807, 2.05) is 0 Å². The second kappa shape index (κ2) is 1.98. The molecule has 1 unspecified atom stereocenters. The molecule has 0 aromatic rings. The fourth-order valence-electron chi connectivity index (χ4n) is 1.70. The Hall–Kier alpha value is -0.0400. The Labute approximate surface area is 56.4 Å². The molecule has 1 saturated carbocycles. The topological polar surface area (TPSA) is 9.23 Å². The molecule has 1 heteroatoms. The Bertz CT molecular complexity index is 97.1. The summed E-state index contributed by atoms with van der Waals surface area (Å²) in [5.74, 6) is 0. The van der Waals surface area contributed by atoms with Gasteiger partial charge >= 0.3 is 0 Å². The molecule has 1 heterocycles. The van der Waals surface area contributed by atoms with Crippen LogP contribution in [0.4, 0.5) is 0 Å². The maximum Gasteiger partial charge on any atom is 0.0714 e. The third-order valence-electron chi connectivity index (χ3n) is 2.47. The van der Waals surface area contributed by atoms with Gasteiger partial charge in [-0.05, 0) is 38.5 Å². The Balaban J connectivity index is 1.93. The van der Waals surface area contributed by atoms with Crippen molar-refractivity contribution in [2.75, 3.05) is 6.61 Å². The molecule has 1 aliphatic heterocycles. The highest BCUT2D eigenvalue weighted by Crippen LogP contribution is 2.41. The molecule has 0 bridgehead atoms. The zero-order valence-electron chi connectivity index (χ0n) is 5.73. The molecule has 1 radical (unpaired) electrons. The summed E-state index contributed by atoms with van der Waals surface area (Å²) in [5, 5.41) is 0. The summed E-state index contributed by atoms with van der Waals surface area (Å²) in [6, 6.07) is 0. The lowest BCUT2D eigenvalue weighted by Gasteiger charge is -2.44. The van der Waals surface area contributed by atoms with Crippen LogP contribution in [0.2, 0.25) is 0 Å². The van der Waals surface area contributed by atoms with Gasteiger partial charge in [-0.1, -0.05) is 0 Å². The van der Waals surface area contributed by atoms with Gasteiger partial charge in [0.1, 0.15) is 0 Å². The SMILES string of the molecule is [CH]1CCC12CCCCO2. The largest absolute Gasteiger partial charge is 0.375 e. The van der Waals surface area contributed by atoms with Crippen molar-refractivity contribution in [2.45, 2.75) is 37.7 Å². The average molecular weight is 125 g/mol. The zero-order valence-corrected chi connectivity index (χ0v) is 5.73. The molecule has 1 saturated heterocycles. The first-order chi connectivity index (χ1) is 4.41. The third kappa shape index (κ3) is 0.877. The molecule has 9 heavy (non-hydrogen) atoms. The van der Waals surface area contributed by atoms with Crippen molar-refractivity contribution in [3.63, 3.8) is 0 Å². The van der Waals surface area contributed by atoms with Crippen LogP contribution in [-0.2, 0) is 4.74 Å². The average Bonchev–Trinajstić information content (AvgIpc) is 1.87. The van der Waals surface area contributed by atoms with Crippen LogP contribution < -0.4 is 0 Å². The van der Waals surface area contributed by atoms with Crippen LogP contribution in [0.25, 0.3) is 0 Å². The van der Waals surface area contributed by atoms with Gasteiger partial charge in [-0.3, -0.25) is 0 Å². The van der Waals surface area contributed by atoms with E-state index < -0.39 is 0 Å². The predicted molar refractivity (Wildman–Crippen MR) is 36.1 cm³/mol. The summed E-state index contributed by atoms with van der Waals surface area (Å²) in [4.78, 5) is 0. The van der Waals surface area contributed by atoms with Gasteiger partial charge in [0.15, 0.2) is 0 Å². The maximum absolute atomic E-state index is 5.65. The number of hydrogen-bond donors (Lipinski definition) is 0. The lowest BCUT2D eigenvalue weighted by Crippen LogP contribution is -2.43. The number of rotatable bonds is 0. The van der Waals surface area contributed by atoms with Gasteiger partial charge < -0.3 is 4.74 Å². The summed E-state index contributed by atoms with van der Waals surface area (Å²) >= 11 is 0. The summed E-state index contributed by atoms with van der Waals surface area (Å²) < 4.78 is 5.65. The van der Waals surface area contributed by atoms with Crippen LogP contribution >= 0.6 is 0 Å². The zero-order chi connectivity index (χ0) is 6.16. The number of ether oxygens (including phenoxy) is 1. The minimum atomic E-state index is 0.276. The first kappa shape index (κ1) is 5.72. The second-order valence-corrected chi connectivity index (χ2v) is 3.11. The van der Waals surface area contributed by atoms with Crippen LogP contribution in [0.1, 0.15) is 32.1 Å². The molecule has 1 spiro atoms. The van der Waals surface area contributed by atoms with E-state index in [-0.39, 0.29) is 5.60 Å². The highest BCUT2D eigenvalue weighted by atomic mass is 16.5. The molecule has 2 fully saturated rings. The van der Waals surface area contributed by atoms with Crippen molar-refractivity contribution in [1.29, 1.82) is 0 Å².